The van der Waals surface area contributed by atoms with Gasteiger partial charge in [0.15, 0.2) is 0 Å². The summed E-state index contributed by atoms with van der Waals surface area (Å²) in [7, 11) is 0. The van der Waals surface area contributed by atoms with Crippen LogP contribution in [0.3, 0.4) is 0 Å². The van der Waals surface area contributed by atoms with Gasteiger partial charge in [-0.05, 0) is 98.3 Å². The summed E-state index contributed by atoms with van der Waals surface area (Å²) in [5, 5.41) is 3.59. The quantitative estimate of drug-likeness (QED) is 0.762. The molecule has 2 aromatic carbocycles. The molecule has 2 nitrogen and oxygen atoms in total. The van der Waals surface area contributed by atoms with Crippen molar-refractivity contribution >= 4 is 0 Å². The zero-order valence-electron chi connectivity index (χ0n) is 16.7. The molecule has 3 heteroatoms. The molecule has 5 rings (SSSR count). The molecule has 2 aromatic rings. The number of nitrogens with one attached hydrogen (secondary N) is 1. The van der Waals surface area contributed by atoms with Crippen LogP contribution in [0.1, 0.15) is 48.5 Å². The lowest BCUT2D eigenvalue weighted by Gasteiger charge is -2.34. The first kappa shape index (κ1) is 18.2. The average molecular weight is 380 g/mol. The fraction of sp³-hybridized carbons (Fsp3) is 0.520. The van der Waals surface area contributed by atoms with Crippen LogP contribution in [0.2, 0.25) is 0 Å². The summed E-state index contributed by atoms with van der Waals surface area (Å²) in [5.41, 5.74) is 3.63. The van der Waals surface area contributed by atoms with Gasteiger partial charge in [0.05, 0.1) is 0 Å². The van der Waals surface area contributed by atoms with Gasteiger partial charge in [-0.25, -0.2) is 4.39 Å². The molecule has 1 saturated carbocycles. The summed E-state index contributed by atoms with van der Waals surface area (Å²) in [6.07, 6.45) is 6.53. The smallest absolute Gasteiger partial charge is 0.127 e. The van der Waals surface area contributed by atoms with E-state index in [1.165, 1.54) is 56.0 Å². The van der Waals surface area contributed by atoms with Crippen LogP contribution >= 0.6 is 0 Å². The van der Waals surface area contributed by atoms with Crippen LogP contribution in [0, 0.1) is 36.4 Å². The molecule has 0 bridgehead atoms. The summed E-state index contributed by atoms with van der Waals surface area (Å²) in [6, 6.07) is 13.6. The van der Waals surface area contributed by atoms with Crippen LogP contribution in [0.5, 0.6) is 5.75 Å². The third-order valence-electron chi connectivity index (χ3n) is 7.36. The highest BCUT2D eigenvalue weighted by atomic mass is 19.1. The number of halogens is 1. The summed E-state index contributed by atoms with van der Waals surface area (Å²) >= 11 is 0. The molecule has 1 aliphatic heterocycles. The molecule has 0 radical (unpaired) electrons. The minimum Gasteiger partial charge on any atom is -0.485 e. The van der Waals surface area contributed by atoms with Gasteiger partial charge in [-0.3, -0.25) is 0 Å². The van der Waals surface area contributed by atoms with Crippen molar-refractivity contribution < 1.29 is 9.13 Å². The highest BCUT2D eigenvalue weighted by Crippen LogP contribution is 2.46. The molecule has 5 unspecified atom stereocenters. The van der Waals surface area contributed by atoms with Crippen molar-refractivity contribution in [3.63, 3.8) is 0 Å². The minimum atomic E-state index is -0.199. The molecule has 148 valence electrons. The number of hydrogen-bond acceptors (Lipinski definition) is 2. The zero-order valence-corrected chi connectivity index (χ0v) is 16.7. The predicted octanol–water partition coefficient (Wildman–Crippen LogP) is 5.45. The number of ether oxygens (including phenoxy) is 1. The Balaban J connectivity index is 1.36. The Hall–Kier alpha value is -1.87. The molecule has 0 amide bonds. The van der Waals surface area contributed by atoms with Crippen LogP contribution in [0.4, 0.5) is 4.39 Å². The second-order valence-corrected chi connectivity index (χ2v) is 9.20. The van der Waals surface area contributed by atoms with Gasteiger partial charge in [-0.15, -0.1) is 0 Å². The lowest BCUT2D eigenvalue weighted by molar-refractivity contribution is 0.111. The molecule has 28 heavy (non-hydrogen) atoms. The maximum absolute atomic E-state index is 13.5. The molecular weight excluding hydrogens is 349 g/mol. The maximum Gasteiger partial charge on any atom is 0.127 e. The standard InChI is InChI=1S/C25H30FNO/c1-16-10-22(26)8-9-24(16)28-25-20(13-18-4-2-3-5-23(18)25)11-17-6-7-19-14-27-15-21(19)12-17/h2-5,8-10,17,19-21,25,27H,6-7,11-15H2,1H3. The fourth-order valence-corrected chi connectivity index (χ4v) is 5.93. The number of fused-ring (bicyclic) bond motifs is 2. The van der Waals surface area contributed by atoms with Gasteiger partial charge in [0.25, 0.3) is 0 Å². The van der Waals surface area contributed by atoms with E-state index in [0.717, 1.165) is 35.5 Å². The summed E-state index contributed by atoms with van der Waals surface area (Å²) in [6.45, 7) is 4.37. The van der Waals surface area contributed by atoms with Gasteiger partial charge in [-0.1, -0.05) is 30.7 Å². The fourth-order valence-electron chi connectivity index (χ4n) is 5.93. The highest BCUT2D eigenvalue weighted by molar-refractivity contribution is 5.38. The topological polar surface area (TPSA) is 21.3 Å². The average Bonchev–Trinajstić information content (AvgIpc) is 3.28. The second kappa shape index (κ2) is 7.51. The summed E-state index contributed by atoms with van der Waals surface area (Å²) in [4.78, 5) is 0. The van der Waals surface area contributed by atoms with Crippen molar-refractivity contribution in [2.24, 2.45) is 23.7 Å². The van der Waals surface area contributed by atoms with Crippen LogP contribution in [0.15, 0.2) is 42.5 Å². The monoisotopic (exact) mass is 379 g/mol. The summed E-state index contributed by atoms with van der Waals surface area (Å²) in [5.74, 6) is 3.72. The largest absolute Gasteiger partial charge is 0.485 e. The lowest BCUT2D eigenvalue weighted by atomic mass is 9.72. The van der Waals surface area contributed by atoms with Gasteiger partial charge in [0.1, 0.15) is 17.7 Å². The maximum atomic E-state index is 13.5. The Bertz CT molecular complexity index is 850. The zero-order chi connectivity index (χ0) is 19.1. The van der Waals surface area contributed by atoms with Crippen LogP contribution in [-0.4, -0.2) is 13.1 Å². The van der Waals surface area contributed by atoms with E-state index >= 15 is 0 Å². The Morgan fingerprint density at radius 2 is 1.93 bits per heavy atom. The lowest BCUT2D eigenvalue weighted by Crippen LogP contribution is -2.26. The second-order valence-electron chi connectivity index (χ2n) is 9.20. The van der Waals surface area contributed by atoms with E-state index in [2.05, 4.69) is 29.6 Å². The van der Waals surface area contributed by atoms with Gasteiger partial charge >= 0.3 is 0 Å². The Labute approximate surface area is 167 Å². The van der Waals surface area contributed by atoms with Crippen molar-refractivity contribution in [2.75, 3.05) is 13.1 Å². The molecule has 5 atom stereocenters. The van der Waals surface area contributed by atoms with Crippen molar-refractivity contribution in [3.05, 3.63) is 65.0 Å². The Morgan fingerprint density at radius 3 is 2.82 bits per heavy atom. The van der Waals surface area contributed by atoms with E-state index in [1.807, 2.05) is 6.92 Å². The number of aryl methyl sites for hydroxylation is 1. The van der Waals surface area contributed by atoms with Crippen molar-refractivity contribution in [2.45, 2.75) is 45.1 Å². The van der Waals surface area contributed by atoms with E-state index < -0.39 is 0 Å². The first-order valence-corrected chi connectivity index (χ1v) is 10.9. The van der Waals surface area contributed by atoms with Crippen molar-refractivity contribution in [1.82, 2.24) is 5.32 Å². The van der Waals surface area contributed by atoms with Crippen LogP contribution < -0.4 is 10.1 Å². The van der Waals surface area contributed by atoms with Gasteiger partial charge in [-0.2, -0.15) is 0 Å². The first-order valence-electron chi connectivity index (χ1n) is 10.9. The van der Waals surface area contributed by atoms with Crippen LogP contribution in [-0.2, 0) is 6.42 Å². The normalized spacial score (nSPS) is 31.4. The molecule has 2 fully saturated rings. The van der Waals surface area contributed by atoms with Gasteiger partial charge in [0.2, 0.25) is 0 Å². The van der Waals surface area contributed by atoms with E-state index in [4.69, 9.17) is 4.74 Å². The number of benzene rings is 2. The highest BCUT2D eigenvalue weighted by Gasteiger charge is 2.39. The Morgan fingerprint density at radius 1 is 1.07 bits per heavy atom. The third kappa shape index (κ3) is 3.45. The first-order chi connectivity index (χ1) is 13.7. The molecular formula is C25H30FNO. The van der Waals surface area contributed by atoms with Crippen LogP contribution in [0.25, 0.3) is 0 Å². The number of rotatable bonds is 4. The number of hydrogen-bond donors (Lipinski definition) is 1. The predicted molar refractivity (Wildman–Crippen MR) is 110 cm³/mol. The van der Waals surface area contributed by atoms with Gasteiger partial charge in [0, 0.05) is 5.92 Å². The molecule has 0 spiro atoms. The van der Waals surface area contributed by atoms with E-state index in [1.54, 1.807) is 12.1 Å². The molecule has 1 saturated heterocycles. The van der Waals surface area contributed by atoms with E-state index in [0.29, 0.717) is 5.92 Å². The van der Waals surface area contributed by atoms with Gasteiger partial charge < -0.3 is 10.1 Å². The molecule has 3 aliphatic rings. The molecule has 2 aliphatic carbocycles. The van der Waals surface area contributed by atoms with Crippen molar-refractivity contribution in [3.8, 4) is 5.75 Å². The van der Waals surface area contributed by atoms with E-state index in [9.17, 15) is 4.39 Å². The SMILES string of the molecule is Cc1cc(F)ccc1OC1c2ccccc2CC1CC1CCC2CNCC2C1. The third-order valence-corrected chi connectivity index (χ3v) is 7.36. The summed E-state index contributed by atoms with van der Waals surface area (Å²) < 4.78 is 20.1. The van der Waals surface area contributed by atoms with E-state index in [-0.39, 0.29) is 11.9 Å². The Kier molecular flexibility index (Phi) is 4.88. The minimum absolute atomic E-state index is 0.0831. The molecule has 0 aromatic heterocycles. The molecule has 1 heterocycles. The molecule has 1 N–H and O–H groups in total. The van der Waals surface area contributed by atoms with Crippen molar-refractivity contribution in [1.29, 1.82) is 0 Å².